The molecule has 0 radical (unpaired) electrons. The van der Waals surface area contributed by atoms with Crippen LogP contribution in [0, 0.1) is 5.82 Å². The number of carbonyl (C=O) groups is 1. The van der Waals surface area contributed by atoms with Crippen LogP contribution in [0.3, 0.4) is 0 Å². The molecule has 1 aliphatic rings. The van der Waals surface area contributed by atoms with E-state index in [-0.39, 0.29) is 23.5 Å². The van der Waals surface area contributed by atoms with E-state index in [1.165, 1.54) is 12.1 Å². The Morgan fingerprint density at radius 1 is 1.14 bits per heavy atom. The van der Waals surface area contributed by atoms with Crippen LogP contribution in [0.2, 0.25) is 0 Å². The fourth-order valence-electron chi connectivity index (χ4n) is 2.99. The minimum atomic E-state index is -0.260. The summed E-state index contributed by atoms with van der Waals surface area (Å²) in [5.74, 6) is 0.00258. The van der Waals surface area contributed by atoms with Gasteiger partial charge in [-0.2, -0.15) is 0 Å². The van der Waals surface area contributed by atoms with Crippen molar-refractivity contribution >= 4 is 5.91 Å². The molecule has 0 bridgehead atoms. The monoisotopic (exact) mass is 299 g/mol. The fourth-order valence-corrected chi connectivity index (χ4v) is 2.99. The second-order valence-corrected chi connectivity index (χ2v) is 5.64. The second kappa shape index (κ2) is 6.18. The molecule has 4 heteroatoms. The summed E-state index contributed by atoms with van der Waals surface area (Å²) in [5.41, 5.74) is 1.87. The van der Waals surface area contributed by atoms with Gasteiger partial charge >= 0.3 is 0 Å². The van der Waals surface area contributed by atoms with E-state index in [4.69, 9.17) is 0 Å². The number of benzene rings is 2. The first-order valence-corrected chi connectivity index (χ1v) is 7.46. The summed E-state index contributed by atoms with van der Waals surface area (Å²) in [6, 6.07) is 13.1. The third-order valence-electron chi connectivity index (χ3n) is 4.12. The van der Waals surface area contributed by atoms with Crippen molar-refractivity contribution in [1.29, 1.82) is 0 Å². The van der Waals surface area contributed by atoms with Crippen molar-refractivity contribution in [2.24, 2.45) is 0 Å². The van der Waals surface area contributed by atoms with Crippen LogP contribution in [0.4, 0.5) is 4.39 Å². The quantitative estimate of drug-likeness (QED) is 0.943. The van der Waals surface area contributed by atoms with Crippen molar-refractivity contribution in [3.8, 4) is 5.75 Å². The van der Waals surface area contributed by atoms with Crippen LogP contribution in [0.5, 0.6) is 5.75 Å². The Hall–Kier alpha value is -2.36. The lowest BCUT2D eigenvalue weighted by atomic mass is 10.0. The van der Waals surface area contributed by atoms with Gasteiger partial charge < -0.3 is 10.0 Å². The normalized spacial score (nSPS) is 17.7. The van der Waals surface area contributed by atoms with Crippen molar-refractivity contribution in [1.82, 2.24) is 4.90 Å². The molecule has 1 fully saturated rings. The van der Waals surface area contributed by atoms with Gasteiger partial charge in [-0.15, -0.1) is 0 Å². The van der Waals surface area contributed by atoms with Gasteiger partial charge in [-0.1, -0.05) is 24.3 Å². The molecule has 1 unspecified atom stereocenters. The third kappa shape index (κ3) is 3.11. The average Bonchev–Trinajstić information content (AvgIpc) is 3.00. The minimum absolute atomic E-state index is 0.0326. The lowest BCUT2D eigenvalue weighted by Gasteiger charge is -2.25. The zero-order valence-electron chi connectivity index (χ0n) is 12.2. The van der Waals surface area contributed by atoms with Crippen LogP contribution < -0.4 is 0 Å². The van der Waals surface area contributed by atoms with E-state index in [9.17, 15) is 14.3 Å². The number of hydrogen-bond donors (Lipinski definition) is 1. The zero-order valence-corrected chi connectivity index (χ0v) is 12.2. The topological polar surface area (TPSA) is 40.5 Å². The molecule has 1 N–H and O–H groups in total. The molecule has 1 saturated heterocycles. The largest absolute Gasteiger partial charge is 0.508 e. The molecule has 3 rings (SSSR count). The summed E-state index contributed by atoms with van der Waals surface area (Å²) >= 11 is 0. The SMILES string of the molecule is O=C(Cc1ccc(O)cc1)N1CCCC1c1ccc(F)cc1. The first kappa shape index (κ1) is 14.6. The highest BCUT2D eigenvalue weighted by Gasteiger charge is 2.29. The summed E-state index contributed by atoms with van der Waals surface area (Å²) in [7, 11) is 0. The summed E-state index contributed by atoms with van der Waals surface area (Å²) in [6.07, 6.45) is 2.19. The molecule has 1 heterocycles. The van der Waals surface area contributed by atoms with Gasteiger partial charge in [0.15, 0.2) is 0 Å². The molecule has 0 aliphatic carbocycles. The molecule has 1 aliphatic heterocycles. The standard InChI is InChI=1S/C18H18FNO2/c19-15-7-5-14(6-8-15)17-2-1-11-20(17)18(22)12-13-3-9-16(21)10-4-13/h3-10,17,21H,1-2,11-12H2. The molecule has 3 nitrogen and oxygen atoms in total. The van der Waals surface area contributed by atoms with E-state index in [2.05, 4.69) is 0 Å². The van der Waals surface area contributed by atoms with Crippen LogP contribution in [0.1, 0.15) is 30.0 Å². The molecular weight excluding hydrogens is 281 g/mol. The first-order valence-electron chi connectivity index (χ1n) is 7.46. The number of carbonyl (C=O) groups excluding carboxylic acids is 1. The highest BCUT2D eigenvalue weighted by atomic mass is 19.1. The molecule has 1 atom stereocenters. The number of amides is 1. The smallest absolute Gasteiger partial charge is 0.227 e. The van der Waals surface area contributed by atoms with Crippen LogP contribution in [0.15, 0.2) is 48.5 Å². The number of halogens is 1. The lowest BCUT2D eigenvalue weighted by molar-refractivity contribution is -0.131. The number of likely N-dealkylation sites (tertiary alicyclic amines) is 1. The van der Waals surface area contributed by atoms with Crippen molar-refractivity contribution in [3.05, 3.63) is 65.5 Å². The zero-order chi connectivity index (χ0) is 15.5. The number of aromatic hydroxyl groups is 1. The molecule has 22 heavy (non-hydrogen) atoms. The van der Waals surface area contributed by atoms with Gasteiger partial charge in [0.2, 0.25) is 5.91 Å². The first-order chi connectivity index (χ1) is 10.6. The molecule has 2 aromatic rings. The van der Waals surface area contributed by atoms with Gasteiger partial charge in [0.25, 0.3) is 0 Å². The van der Waals surface area contributed by atoms with E-state index in [0.29, 0.717) is 6.42 Å². The molecule has 0 aromatic heterocycles. The van der Waals surface area contributed by atoms with Gasteiger partial charge in [-0.25, -0.2) is 4.39 Å². The molecule has 114 valence electrons. The Kier molecular flexibility index (Phi) is 4.09. The predicted molar refractivity (Wildman–Crippen MR) is 81.9 cm³/mol. The fraction of sp³-hybridized carbons (Fsp3) is 0.278. The Balaban J connectivity index is 1.73. The van der Waals surface area contributed by atoms with Crippen molar-refractivity contribution in [3.63, 3.8) is 0 Å². The highest BCUT2D eigenvalue weighted by Crippen LogP contribution is 2.32. The lowest BCUT2D eigenvalue weighted by Crippen LogP contribution is -2.31. The van der Waals surface area contributed by atoms with Crippen molar-refractivity contribution < 1.29 is 14.3 Å². The minimum Gasteiger partial charge on any atom is -0.508 e. The van der Waals surface area contributed by atoms with Crippen LogP contribution in [-0.2, 0) is 11.2 Å². The summed E-state index contributed by atoms with van der Waals surface area (Å²) < 4.78 is 13.0. The maximum Gasteiger partial charge on any atom is 0.227 e. The third-order valence-corrected chi connectivity index (χ3v) is 4.12. The van der Waals surface area contributed by atoms with Gasteiger partial charge in [0.05, 0.1) is 12.5 Å². The Morgan fingerprint density at radius 2 is 1.82 bits per heavy atom. The van der Waals surface area contributed by atoms with Gasteiger partial charge in [-0.3, -0.25) is 4.79 Å². The van der Waals surface area contributed by atoms with Gasteiger partial charge in [0, 0.05) is 6.54 Å². The Morgan fingerprint density at radius 3 is 2.50 bits per heavy atom. The van der Waals surface area contributed by atoms with Crippen LogP contribution in [0.25, 0.3) is 0 Å². The predicted octanol–water partition coefficient (Wildman–Crippen LogP) is 3.44. The summed E-state index contributed by atoms with van der Waals surface area (Å²) in [5, 5.41) is 9.29. The molecule has 2 aromatic carbocycles. The number of phenols is 1. The van der Waals surface area contributed by atoms with Crippen molar-refractivity contribution in [2.75, 3.05) is 6.54 Å². The second-order valence-electron chi connectivity index (χ2n) is 5.64. The van der Waals surface area contributed by atoms with Crippen LogP contribution >= 0.6 is 0 Å². The van der Waals surface area contributed by atoms with Crippen molar-refractivity contribution in [2.45, 2.75) is 25.3 Å². The maximum absolute atomic E-state index is 13.0. The van der Waals surface area contributed by atoms with E-state index >= 15 is 0 Å². The summed E-state index contributed by atoms with van der Waals surface area (Å²) in [4.78, 5) is 14.4. The van der Waals surface area contributed by atoms with E-state index in [0.717, 1.165) is 30.5 Å². The molecule has 0 spiro atoms. The molecule has 1 amide bonds. The average molecular weight is 299 g/mol. The van der Waals surface area contributed by atoms with E-state index in [1.54, 1.807) is 36.4 Å². The summed E-state index contributed by atoms with van der Waals surface area (Å²) in [6.45, 7) is 0.735. The number of rotatable bonds is 3. The number of hydrogen-bond acceptors (Lipinski definition) is 2. The highest BCUT2D eigenvalue weighted by molar-refractivity contribution is 5.79. The number of nitrogens with zero attached hydrogens (tertiary/aromatic N) is 1. The molecular formula is C18H18FNO2. The van der Waals surface area contributed by atoms with E-state index in [1.807, 2.05) is 4.90 Å². The van der Waals surface area contributed by atoms with Gasteiger partial charge in [-0.05, 0) is 48.2 Å². The molecule has 0 saturated carbocycles. The van der Waals surface area contributed by atoms with Gasteiger partial charge in [0.1, 0.15) is 11.6 Å². The Bertz CT molecular complexity index is 652. The Labute approximate surface area is 129 Å². The van der Waals surface area contributed by atoms with E-state index < -0.39 is 0 Å². The number of phenolic OH excluding ortho intramolecular Hbond substituents is 1. The maximum atomic E-state index is 13.0. The van der Waals surface area contributed by atoms with Crippen LogP contribution in [-0.4, -0.2) is 22.5 Å².